The molecule has 0 bridgehead atoms. The molecule has 1 aromatic heterocycles. The largest absolute Gasteiger partial charge is 0.497 e. The number of ether oxygens (including phenoxy) is 2. The van der Waals surface area contributed by atoms with Crippen LogP contribution >= 0.6 is 0 Å². The zero-order chi connectivity index (χ0) is 22.5. The predicted octanol–water partition coefficient (Wildman–Crippen LogP) is 5.73. The standard InChI is InChI=1S/C27H23NO4/c1-3-25(26(29)19-9-5-4-6-10-19)32-27(30)22-17-24(18-13-15-20(31-2)16-14-18)28-23-12-8-7-11-21(22)23/h4-17,25H,3H2,1-2H3/t25-/m1/s1. The molecule has 0 saturated heterocycles. The van der Waals surface area contributed by atoms with Gasteiger partial charge >= 0.3 is 5.97 Å². The normalized spacial score (nSPS) is 11.7. The molecule has 0 N–H and O–H groups in total. The summed E-state index contributed by atoms with van der Waals surface area (Å²) >= 11 is 0. The average molecular weight is 425 g/mol. The number of esters is 1. The van der Waals surface area contributed by atoms with Gasteiger partial charge in [-0.15, -0.1) is 0 Å². The van der Waals surface area contributed by atoms with Gasteiger partial charge in [0.25, 0.3) is 0 Å². The van der Waals surface area contributed by atoms with Crippen LogP contribution in [0.4, 0.5) is 0 Å². The van der Waals surface area contributed by atoms with Gasteiger partial charge in [-0.1, -0.05) is 55.5 Å². The minimum Gasteiger partial charge on any atom is -0.497 e. The van der Waals surface area contributed by atoms with Crippen molar-refractivity contribution in [2.75, 3.05) is 7.11 Å². The molecule has 5 nitrogen and oxygen atoms in total. The molecule has 3 aromatic carbocycles. The summed E-state index contributed by atoms with van der Waals surface area (Å²) in [6.07, 6.45) is -0.477. The van der Waals surface area contributed by atoms with E-state index in [0.29, 0.717) is 34.1 Å². The first-order valence-electron chi connectivity index (χ1n) is 10.4. The molecule has 5 heteroatoms. The molecule has 4 rings (SSSR count). The Labute approximate surface area is 186 Å². The average Bonchev–Trinajstić information content (AvgIpc) is 2.86. The van der Waals surface area contributed by atoms with Crippen molar-refractivity contribution < 1.29 is 19.1 Å². The first-order valence-corrected chi connectivity index (χ1v) is 10.4. The lowest BCUT2D eigenvalue weighted by Gasteiger charge is -2.16. The van der Waals surface area contributed by atoms with Gasteiger partial charge in [0.1, 0.15) is 5.75 Å². The van der Waals surface area contributed by atoms with E-state index in [0.717, 1.165) is 11.3 Å². The maximum absolute atomic E-state index is 13.2. The number of methoxy groups -OCH3 is 1. The number of benzene rings is 3. The van der Waals surface area contributed by atoms with Crippen molar-refractivity contribution in [1.29, 1.82) is 0 Å². The molecule has 0 fully saturated rings. The number of nitrogens with zero attached hydrogens (tertiary/aromatic N) is 1. The maximum atomic E-state index is 13.2. The van der Waals surface area contributed by atoms with E-state index in [1.165, 1.54) is 0 Å². The summed E-state index contributed by atoms with van der Waals surface area (Å²) in [6, 6.07) is 25.4. The van der Waals surface area contributed by atoms with Crippen LogP contribution in [0.2, 0.25) is 0 Å². The predicted molar refractivity (Wildman–Crippen MR) is 124 cm³/mol. The van der Waals surface area contributed by atoms with E-state index in [4.69, 9.17) is 14.5 Å². The zero-order valence-corrected chi connectivity index (χ0v) is 17.9. The van der Waals surface area contributed by atoms with Crippen molar-refractivity contribution >= 4 is 22.7 Å². The van der Waals surface area contributed by atoms with Crippen molar-refractivity contribution in [2.45, 2.75) is 19.4 Å². The first kappa shape index (κ1) is 21.2. The molecule has 0 amide bonds. The Kier molecular flexibility index (Phi) is 6.26. The van der Waals surface area contributed by atoms with Gasteiger partial charge in [0.15, 0.2) is 6.10 Å². The summed E-state index contributed by atoms with van der Waals surface area (Å²) in [4.78, 5) is 30.8. The molecule has 160 valence electrons. The Balaban J connectivity index is 1.70. The van der Waals surface area contributed by atoms with Crippen LogP contribution in [0, 0.1) is 0 Å². The topological polar surface area (TPSA) is 65.5 Å². The van der Waals surface area contributed by atoms with Crippen LogP contribution in [0.1, 0.15) is 34.1 Å². The molecule has 4 aromatic rings. The molecule has 0 aliphatic heterocycles. The van der Waals surface area contributed by atoms with Crippen LogP contribution in [-0.2, 0) is 4.74 Å². The highest BCUT2D eigenvalue weighted by atomic mass is 16.5. The Bertz CT molecular complexity index is 1250. The monoisotopic (exact) mass is 425 g/mol. The number of pyridine rings is 1. The molecule has 1 atom stereocenters. The van der Waals surface area contributed by atoms with Gasteiger partial charge in [-0.05, 0) is 42.8 Å². The number of ketones is 1. The van der Waals surface area contributed by atoms with Gasteiger partial charge in [-0.2, -0.15) is 0 Å². The number of para-hydroxylation sites is 1. The molecule has 0 saturated carbocycles. The fraction of sp³-hybridized carbons (Fsp3) is 0.148. The minimum absolute atomic E-state index is 0.213. The van der Waals surface area contributed by atoms with Crippen LogP contribution in [0.15, 0.2) is 84.9 Å². The molecule has 1 heterocycles. The summed E-state index contributed by atoms with van der Waals surface area (Å²) < 4.78 is 10.9. The van der Waals surface area contributed by atoms with E-state index in [2.05, 4.69) is 0 Å². The van der Waals surface area contributed by atoms with Crippen LogP contribution in [0.5, 0.6) is 5.75 Å². The van der Waals surface area contributed by atoms with Crippen LogP contribution in [0.25, 0.3) is 22.2 Å². The fourth-order valence-corrected chi connectivity index (χ4v) is 3.56. The zero-order valence-electron chi connectivity index (χ0n) is 17.9. The molecule has 32 heavy (non-hydrogen) atoms. The van der Waals surface area contributed by atoms with Crippen molar-refractivity contribution in [1.82, 2.24) is 4.98 Å². The molecule has 0 spiro atoms. The Morgan fingerprint density at radius 1 is 0.906 bits per heavy atom. The quantitative estimate of drug-likeness (QED) is 0.279. The van der Waals surface area contributed by atoms with E-state index in [9.17, 15) is 9.59 Å². The maximum Gasteiger partial charge on any atom is 0.339 e. The highest BCUT2D eigenvalue weighted by molar-refractivity contribution is 6.06. The highest BCUT2D eigenvalue weighted by Crippen LogP contribution is 2.27. The smallest absolute Gasteiger partial charge is 0.339 e. The molecular weight excluding hydrogens is 402 g/mol. The summed E-state index contributed by atoms with van der Waals surface area (Å²) in [5, 5.41) is 0.678. The number of aromatic nitrogens is 1. The lowest BCUT2D eigenvalue weighted by Crippen LogP contribution is -2.27. The lowest BCUT2D eigenvalue weighted by molar-refractivity contribution is 0.0279. The van der Waals surface area contributed by atoms with Crippen LogP contribution < -0.4 is 4.74 Å². The second kappa shape index (κ2) is 9.43. The highest BCUT2D eigenvalue weighted by Gasteiger charge is 2.24. The van der Waals surface area contributed by atoms with Gasteiger partial charge in [-0.3, -0.25) is 4.79 Å². The van der Waals surface area contributed by atoms with Crippen molar-refractivity contribution in [3.63, 3.8) is 0 Å². The van der Waals surface area contributed by atoms with Crippen molar-refractivity contribution in [2.24, 2.45) is 0 Å². The number of hydrogen-bond donors (Lipinski definition) is 0. The van der Waals surface area contributed by atoms with E-state index in [-0.39, 0.29) is 5.78 Å². The van der Waals surface area contributed by atoms with E-state index in [1.807, 2.05) is 61.5 Å². The summed E-state index contributed by atoms with van der Waals surface area (Å²) in [5.74, 6) is -0.0240. The number of carbonyl (C=O) groups excluding carboxylic acids is 2. The Hall–Kier alpha value is -3.99. The number of hydrogen-bond acceptors (Lipinski definition) is 5. The molecule has 0 aliphatic rings. The third kappa shape index (κ3) is 4.37. The SMILES string of the molecule is CC[C@@H](OC(=O)c1cc(-c2ccc(OC)cc2)nc2ccccc12)C(=O)c1ccccc1. The molecule has 0 radical (unpaired) electrons. The Morgan fingerprint density at radius 3 is 2.28 bits per heavy atom. The van der Waals surface area contributed by atoms with E-state index in [1.54, 1.807) is 37.4 Å². The van der Waals surface area contributed by atoms with Gasteiger partial charge in [0.2, 0.25) is 5.78 Å². The number of carbonyl (C=O) groups is 2. The number of rotatable bonds is 7. The number of fused-ring (bicyclic) bond motifs is 1. The van der Waals surface area contributed by atoms with Crippen LogP contribution in [0.3, 0.4) is 0 Å². The first-order chi connectivity index (χ1) is 15.6. The third-order valence-electron chi connectivity index (χ3n) is 5.29. The van der Waals surface area contributed by atoms with Gasteiger partial charge < -0.3 is 9.47 Å². The fourth-order valence-electron chi connectivity index (χ4n) is 3.56. The van der Waals surface area contributed by atoms with Crippen molar-refractivity contribution in [3.8, 4) is 17.0 Å². The lowest BCUT2D eigenvalue weighted by atomic mass is 10.0. The van der Waals surface area contributed by atoms with Gasteiger partial charge in [0.05, 0.1) is 23.9 Å². The van der Waals surface area contributed by atoms with Crippen molar-refractivity contribution in [3.05, 3.63) is 96.1 Å². The second-order valence-electron chi connectivity index (χ2n) is 7.33. The van der Waals surface area contributed by atoms with E-state index < -0.39 is 12.1 Å². The summed E-state index contributed by atoms with van der Waals surface area (Å²) in [6.45, 7) is 1.83. The molecular formula is C27H23NO4. The van der Waals surface area contributed by atoms with Gasteiger partial charge in [0, 0.05) is 16.5 Å². The summed E-state index contributed by atoms with van der Waals surface area (Å²) in [7, 11) is 1.61. The Morgan fingerprint density at radius 2 is 1.59 bits per heavy atom. The minimum atomic E-state index is -0.860. The molecule has 0 unspecified atom stereocenters. The van der Waals surface area contributed by atoms with Gasteiger partial charge in [-0.25, -0.2) is 9.78 Å². The number of Topliss-reactive ketones (excluding diaryl/α,β-unsaturated/α-hetero) is 1. The van der Waals surface area contributed by atoms with Crippen LogP contribution in [-0.4, -0.2) is 30.0 Å². The molecule has 0 aliphatic carbocycles. The van der Waals surface area contributed by atoms with E-state index >= 15 is 0 Å². The second-order valence-corrected chi connectivity index (χ2v) is 7.33. The summed E-state index contributed by atoms with van der Waals surface area (Å²) in [5.41, 5.74) is 3.06. The third-order valence-corrected chi connectivity index (χ3v) is 5.29.